The largest absolute Gasteiger partial charge is 0.495 e. The number of hydrogen-bond acceptors (Lipinski definition) is 8. The monoisotopic (exact) mass is 549 g/mol. The number of aromatic amines is 1. The molecule has 13 heteroatoms. The van der Waals surface area contributed by atoms with Crippen LogP contribution in [0.1, 0.15) is 5.69 Å². The number of ether oxygens (including phenoxy) is 1. The summed E-state index contributed by atoms with van der Waals surface area (Å²) >= 11 is 20.1. The van der Waals surface area contributed by atoms with Crippen LogP contribution in [0.3, 0.4) is 0 Å². The Hall–Kier alpha value is -2.70. The van der Waals surface area contributed by atoms with E-state index in [1.54, 1.807) is 42.0 Å². The van der Waals surface area contributed by atoms with Gasteiger partial charge in [-0.15, -0.1) is 0 Å². The molecule has 0 atom stereocenters. The summed E-state index contributed by atoms with van der Waals surface area (Å²) in [5, 5.41) is 1.29. The second kappa shape index (κ2) is 9.16. The first-order valence-corrected chi connectivity index (χ1v) is 12.6. The minimum absolute atomic E-state index is 0.250. The van der Waals surface area contributed by atoms with Crippen molar-refractivity contribution in [3.05, 3.63) is 83.0 Å². The predicted octanol–water partition coefficient (Wildman–Crippen LogP) is 5.12. The van der Waals surface area contributed by atoms with E-state index < -0.39 is 0 Å². The maximum absolute atomic E-state index is 12.8. The number of thioether (sulfide) groups is 1. The Balaban J connectivity index is 1.55. The first-order chi connectivity index (χ1) is 16.3. The molecular weight excluding hydrogens is 537 g/mol. The van der Waals surface area contributed by atoms with Gasteiger partial charge in [0.25, 0.3) is 11.1 Å². The van der Waals surface area contributed by atoms with Crippen molar-refractivity contribution in [1.82, 2.24) is 23.9 Å². The van der Waals surface area contributed by atoms with Gasteiger partial charge in [-0.3, -0.25) is 18.6 Å². The molecule has 0 aliphatic rings. The highest BCUT2D eigenvalue weighted by Crippen LogP contribution is 2.32. The van der Waals surface area contributed by atoms with Crippen LogP contribution in [0, 0.1) is 3.95 Å². The van der Waals surface area contributed by atoms with Gasteiger partial charge in [0.05, 0.1) is 23.5 Å². The molecule has 4 heterocycles. The summed E-state index contributed by atoms with van der Waals surface area (Å²) in [5.74, 6) is 0.853. The van der Waals surface area contributed by atoms with E-state index in [2.05, 4.69) is 15.0 Å². The minimum Gasteiger partial charge on any atom is -0.495 e. The highest BCUT2D eigenvalue weighted by Gasteiger charge is 2.17. The van der Waals surface area contributed by atoms with E-state index in [1.807, 2.05) is 0 Å². The molecule has 5 aromatic rings. The topological polar surface area (TPSA) is 94.3 Å². The molecule has 8 nitrogen and oxygen atoms in total. The summed E-state index contributed by atoms with van der Waals surface area (Å²) in [6.07, 6.45) is 1.52. The van der Waals surface area contributed by atoms with Crippen molar-refractivity contribution in [1.29, 1.82) is 0 Å². The molecule has 0 saturated heterocycles. The molecule has 0 saturated carbocycles. The van der Waals surface area contributed by atoms with Gasteiger partial charge in [0.2, 0.25) is 0 Å². The zero-order chi connectivity index (χ0) is 24.0. The van der Waals surface area contributed by atoms with Crippen LogP contribution in [0.2, 0.25) is 10.0 Å². The zero-order valence-electron chi connectivity index (χ0n) is 17.2. The number of hydrogen-bond donors (Lipinski definition) is 1. The van der Waals surface area contributed by atoms with Crippen LogP contribution in [-0.2, 0) is 5.75 Å². The van der Waals surface area contributed by atoms with Crippen LogP contribution >= 0.6 is 58.5 Å². The third-order valence-corrected chi connectivity index (χ3v) is 7.56. The molecule has 5 rings (SSSR count). The average molecular weight is 550 g/mol. The molecule has 0 radical (unpaired) electrons. The van der Waals surface area contributed by atoms with E-state index in [1.165, 1.54) is 28.4 Å². The second-order valence-corrected chi connectivity index (χ2v) is 10.5. The fourth-order valence-corrected chi connectivity index (χ4v) is 5.69. The summed E-state index contributed by atoms with van der Waals surface area (Å²) in [5.41, 5.74) is 1.43. The Morgan fingerprint density at radius 2 is 1.94 bits per heavy atom. The molecule has 0 aliphatic carbocycles. The highest BCUT2D eigenvalue weighted by atomic mass is 35.5. The van der Waals surface area contributed by atoms with Crippen molar-refractivity contribution < 1.29 is 4.74 Å². The van der Waals surface area contributed by atoms with E-state index in [0.29, 0.717) is 58.0 Å². The number of pyridine rings is 1. The predicted molar refractivity (Wildman–Crippen MR) is 138 cm³/mol. The average Bonchev–Trinajstić information content (AvgIpc) is 3.14. The fraction of sp³-hybridized carbons (Fsp3) is 0.0952. The van der Waals surface area contributed by atoms with Gasteiger partial charge in [0.1, 0.15) is 16.1 Å². The third kappa shape index (κ3) is 4.25. The van der Waals surface area contributed by atoms with E-state index in [-0.39, 0.29) is 11.1 Å². The van der Waals surface area contributed by atoms with Gasteiger partial charge < -0.3 is 9.72 Å². The quantitative estimate of drug-likeness (QED) is 0.184. The molecule has 0 fully saturated rings. The lowest BCUT2D eigenvalue weighted by Gasteiger charge is -2.11. The van der Waals surface area contributed by atoms with Crippen molar-refractivity contribution in [2.45, 2.75) is 10.9 Å². The van der Waals surface area contributed by atoms with Gasteiger partial charge in [-0.2, -0.15) is 0 Å². The van der Waals surface area contributed by atoms with Crippen LogP contribution in [0.15, 0.2) is 57.3 Å². The van der Waals surface area contributed by atoms with Crippen molar-refractivity contribution in [3.63, 3.8) is 0 Å². The molecule has 4 aromatic heterocycles. The van der Waals surface area contributed by atoms with Crippen molar-refractivity contribution >= 4 is 74.5 Å². The van der Waals surface area contributed by atoms with Gasteiger partial charge in [-0.25, -0.2) is 9.97 Å². The van der Waals surface area contributed by atoms with Crippen LogP contribution < -0.4 is 15.9 Å². The van der Waals surface area contributed by atoms with Gasteiger partial charge in [-0.05, 0) is 42.5 Å². The maximum atomic E-state index is 12.8. The summed E-state index contributed by atoms with van der Waals surface area (Å²) in [4.78, 5) is 37.1. The zero-order valence-corrected chi connectivity index (χ0v) is 21.2. The number of nitrogens with zero attached hydrogens (tertiary/aromatic N) is 4. The molecule has 1 aromatic carbocycles. The van der Waals surface area contributed by atoms with Gasteiger partial charge in [0, 0.05) is 23.0 Å². The molecule has 172 valence electrons. The summed E-state index contributed by atoms with van der Waals surface area (Å²) in [6, 6.07) is 9.90. The molecule has 0 amide bonds. The summed E-state index contributed by atoms with van der Waals surface area (Å²) < 4.78 is 9.32. The molecule has 34 heavy (non-hydrogen) atoms. The van der Waals surface area contributed by atoms with Gasteiger partial charge in [0.15, 0.2) is 14.8 Å². The normalized spacial score (nSPS) is 11.4. The SMILES string of the molecule is COc1ccc(Cl)cc1-n1c(=S)sc2c(=O)[nH]c(SCc3cc(=O)n4cc(Cl)ccc4n3)nc21. The standard InChI is InChI=1S/C21H13Cl2N5O3S3/c1-31-14-4-2-10(22)6-13(14)28-18-17(34-21(28)32)19(30)26-20(25-18)33-9-12-7-16(29)27-8-11(23)3-5-15(27)24-12/h2-8H,9H2,1H3,(H,25,26,30). The summed E-state index contributed by atoms with van der Waals surface area (Å²) in [6.45, 7) is 0. The van der Waals surface area contributed by atoms with Crippen molar-refractivity contribution in [2.24, 2.45) is 0 Å². The number of halogens is 2. The Kier molecular flexibility index (Phi) is 6.21. The van der Waals surface area contributed by atoms with Gasteiger partial charge >= 0.3 is 0 Å². The van der Waals surface area contributed by atoms with Crippen LogP contribution in [-0.4, -0.2) is 31.0 Å². The third-order valence-electron chi connectivity index (χ3n) is 4.84. The lowest BCUT2D eigenvalue weighted by Crippen LogP contribution is -2.15. The first kappa shape index (κ1) is 23.1. The smallest absolute Gasteiger partial charge is 0.271 e. The molecule has 1 N–H and O–H groups in total. The number of H-pyrrole nitrogens is 1. The lowest BCUT2D eigenvalue weighted by atomic mass is 10.3. The van der Waals surface area contributed by atoms with E-state index in [9.17, 15) is 9.59 Å². The number of nitrogens with one attached hydrogen (secondary N) is 1. The van der Waals surface area contributed by atoms with E-state index >= 15 is 0 Å². The van der Waals surface area contributed by atoms with E-state index in [4.69, 9.17) is 40.2 Å². The lowest BCUT2D eigenvalue weighted by molar-refractivity contribution is 0.413. The Bertz CT molecular complexity index is 1760. The molecule has 0 unspecified atom stereocenters. The number of thiazole rings is 1. The Morgan fingerprint density at radius 1 is 1.15 bits per heavy atom. The maximum Gasteiger partial charge on any atom is 0.271 e. The molecule has 0 aliphatic heterocycles. The molecule has 0 spiro atoms. The number of aromatic nitrogens is 5. The van der Waals surface area contributed by atoms with Crippen LogP contribution in [0.4, 0.5) is 0 Å². The van der Waals surface area contributed by atoms with Crippen LogP contribution in [0.25, 0.3) is 21.7 Å². The molecular formula is C21H13Cl2N5O3S3. The molecule has 0 bridgehead atoms. The number of fused-ring (bicyclic) bond motifs is 2. The highest BCUT2D eigenvalue weighted by molar-refractivity contribution is 7.98. The first-order valence-electron chi connectivity index (χ1n) is 9.64. The Morgan fingerprint density at radius 3 is 2.74 bits per heavy atom. The van der Waals surface area contributed by atoms with Crippen LogP contribution in [0.5, 0.6) is 5.75 Å². The number of rotatable bonds is 5. The Labute approximate surface area is 214 Å². The van der Waals surface area contributed by atoms with Crippen molar-refractivity contribution in [2.75, 3.05) is 7.11 Å². The second-order valence-electron chi connectivity index (χ2n) is 6.99. The van der Waals surface area contributed by atoms with Gasteiger partial charge in [-0.1, -0.05) is 46.3 Å². The fourth-order valence-electron chi connectivity index (χ4n) is 3.35. The number of benzene rings is 1. The minimum atomic E-state index is -0.315. The van der Waals surface area contributed by atoms with E-state index in [0.717, 1.165) is 11.3 Å². The number of methoxy groups -OCH3 is 1. The van der Waals surface area contributed by atoms with Crippen molar-refractivity contribution in [3.8, 4) is 11.4 Å². The summed E-state index contributed by atoms with van der Waals surface area (Å²) in [7, 11) is 1.54.